The molecule has 0 spiro atoms. The number of rotatable bonds is 2. The number of nitrogens with zero attached hydrogens (tertiary/aromatic N) is 2. The molecule has 2 heteroatoms. The van der Waals surface area contributed by atoms with Gasteiger partial charge in [0.25, 0.3) is 0 Å². The second kappa shape index (κ2) is 4.22. The Morgan fingerprint density at radius 3 is 1.73 bits per heavy atom. The van der Waals surface area contributed by atoms with Gasteiger partial charge in [-0.15, -0.1) is 0 Å². The maximum atomic E-state index is 4.32. The van der Waals surface area contributed by atoms with Gasteiger partial charge in [0.1, 0.15) is 0 Å². The molecule has 2 nitrogen and oxygen atoms in total. The molecule has 0 bridgehead atoms. The zero-order chi connectivity index (χ0) is 10.7. The molecule has 0 amide bonds. The van der Waals surface area contributed by atoms with Gasteiger partial charge in [0, 0.05) is 30.2 Å². The van der Waals surface area contributed by atoms with Gasteiger partial charge < -0.3 is 0 Å². The fraction of sp³-hybridized carbons (Fsp3) is 0.231. The fourth-order valence-corrected chi connectivity index (χ4v) is 1.58. The third-order valence-electron chi connectivity index (χ3n) is 2.31. The minimum Gasteiger partial charge on any atom is -0.261 e. The fourth-order valence-electron chi connectivity index (χ4n) is 1.58. The topological polar surface area (TPSA) is 25.8 Å². The van der Waals surface area contributed by atoms with E-state index in [2.05, 4.69) is 35.9 Å². The second-order valence-electron chi connectivity index (χ2n) is 3.83. The zero-order valence-corrected chi connectivity index (χ0v) is 9.07. The average Bonchev–Trinajstić information content (AvgIpc) is 2.17. The Hall–Kier alpha value is -1.70. The minimum absolute atomic E-state index is 0.809. The first-order valence-electron chi connectivity index (χ1n) is 5.07. The molecule has 2 aromatic rings. The number of hydrogen-bond donors (Lipinski definition) is 0. The molecule has 2 aromatic heterocycles. The number of aromatic nitrogens is 2. The largest absolute Gasteiger partial charge is 0.261 e. The van der Waals surface area contributed by atoms with E-state index in [0.29, 0.717) is 0 Å². The molecular formula is C13H14N2. The van der Waals surface area contributed by atoms with Gasteiger partial charge in [0.2, 0.25) is 0 Å². The lowest BCUT2D eigenvalue weighted by molar-refractivity contribution is 1.00. The first-order valence-corrected chi connectivity index (χ1v) is 5.07. The molecule has 0 N–H and O–H groups in total. The molecule has 0 aliphatic heterocycles. The Morgan fingerprint density at radius 1 is 0.867 bits per heavy atom. The molecule has 0 unspecified atom stereocenters. The molecule has 0 fully saturated rings. The summed E-state index contributed by atoms with van der Waals surface area (Å²) in [4.78, 5) is 8.65. The predicted octanol–water partition coefficient (Wildman–Crippen LogP) is 2.68. The molecule has 0 saturated carbocycles. The average molecular weight is 198 g/mol. The van der Waals surface area contributed by atoms with Crippen molar-refractivity contribution in [2.45, 2.75) is 20.3 Å². The summed E-state index contributed by atoms with van der Waals surface area (Å²) in [5, 5.41) is 0. The Bertz CT molecular complexity index is 420. The maximum Gasteiger partial charge on any atom is 0.0465 e. The molecule has 2 heterocycles. The van der Waals surface area contributed by atoms with Crippen molar-refractivity contribution in [2.75, 3.05) is 0 Å². The van der Waals surface area contributed by atoms with E-state index in [0.717, 1.165) is 17.8 Å². The van der Waals surface area contributed by atoms with Crippen molar-refractivity contribution in [1.82, 2.24) is 9.97 Å². The third-order valence-corrected chi connectivity index (χ3v) is 2.31. The summed E-state index contributed by atoms with van der Waals surface area (Å²) < 4.78 is 0. The highest BCUT2D eigenvalue weighted by Crippen LogP contribution is 2.07. The summed E-state index contributed by atoms with van der Waals surface area (Å²) in [6.07, 6.45) is 4.50. The van der Waals surface area contributed by atoms with Crippen LogP contribution >= 0.6 is 0 Å². The van der Waals surface area contributed by atoms with E-state index in [4.69, 9.17) is 0 Å². The van der Waals surface area contributed by atoms with Gasteiger partial charge in [-0.3, -0.25) is 9.97 Å². The summed E-state index contributed by atoms with van der Waals surface area (Å²) in [6, 6.07) is 8.22. The molecule has 2 rings (SSSR count). The van der Waals surface area contributed by atoms with Crippen LogP contribution in [0.15, 0.2) is 36.7 Å². The van der Waals surface area contributed by atoms with Crippen LogP contribution in [0.2, 0.25) is 0 Å². The van der Waals surface area contributed by atoms with Crippen molar-refractivity contribution in [1.29, 1.82) is 0 Å². The van der Waals surface area contributed by atoms with Crippen molar-refractivity contribution >= 4 is 0 Å². The SMILES string of the molecule is Cc1ccnc(Cc2cc(C)ccn2)c1. The molecule has 0 aliphatic carbocycles. The molecule has 0 saturated heterocycles. The van der Waals surface area contributed by atoms with Crippen LogP contribution in [0.3, 0.4) is 0 Å². The van der Waals surface area contributed by atoms with Crippen LogP contribution in [0.25, 0.3) is 0 Å². The second-order valence-corrected chi connectivity index (χ2v) is 3.83. The van der Waals surface area contributed by atoms with Crippen LogP contribution in [0, 0.1) is 13.8 Å². The lowest BCUT2D eigenvalue weighted by Gasteiger charge is -2.02. The summed E-state index contributed by atoms with van der Waals surface area (Å²) in [7, 11) is 0. The molecule has 76 valence electrons. The van der Waals surface area contributed by atoms with Crippen molar-refractivity contribution < 1.29 is 0 Å². The minimum atomic E-state index is 0.809. The van der Waals surface area contributed by atoms with Gasteiger partial charge in [0.05, 0.1) is 0 Å². The van der Waals surface area contributed by atoms with Gasteiger partial charge in [-0.05, 0) is 49.2 Å². The Balaban J connectivity index is 2.22. The highest BCUT2D eigenvalue weighted by molar-refractivity contribution is 5.22. The summed E-state index contributed by atoms with van der Waals surface area (Å²) >= 11 is 0. The summed E-state index contributed by atoms with van der Waals surface area (Å²) in [5.74, 6) is 0. The smallest absolute Gasteiger partial charge is 0.0465 e. The van der Waals surface area contributed by atoms with Crippen molar-refractivity contribution in [3.05, 3.63) is 59.2 Å². The van der Waals surface area contributed by atoms with E-state index in [-0.39, 0.29) is 0 Å². The van der Waals surface area contributed by atoms with Gasteiger partial charge in [-0.1, -0.05) is 0 Å². The van der Waals surface area contributed by atoms with Crippen molar-refractivity contribution in [3.8, 4) is 0 Å². The van der Waals surface area contributed by atoms with Crippen LogP contribution < -0.4 is 0 Å². The first-order chi connectivity index (χ1) is 7.24. The summed E-state index contributed by atoms with van der Waals surface area (Å²) in [6.45, 7) is 4.16. The van der Waals surface area contributed by atoms with E-state index in [1.54, 1.807) is 0 Å². The lowest BCUT2D eigenvalue weighted by atomic mass is 10.1. The normalized spacial score (nSPS) is 10.3. The molecule has 0 aromatic carbocycles. The van der Waals surface area contributed by atoms with Crippen molar-refractivity contribution in [3.63, 3.8) is 0 Å². The van der Waals surface area contributed by atoms with Gasteiger partial charge in [-0.2, -0.15) is 0 Å². The third kappa shape index (κ3) is 2.62. The van der Waals surface area contributed by atoms with E-state index < -0.39 is 0 Å². The van der Waals surface area contributed by atoms with Crippen LogP contribution in [-0.4, -0.2) is 9.97 Å². The van der Waals surface area contributed by atoms with Crippen LogP contribution in [0.4, 0.5) is 0 Å². The van der Waals surface area contributed by atoms with Crippen LogP contribution in [-0.2, 0) is 6.42 Å². The summed E-state index contributed by atoms with van der Waals surface area (Å²) in [5.41, 5.74) is 4.64. The van der Waals surface area contributed by atoms with E-state index in [1.165, 1.54) is 11.1 Å². The maximum absolute atomic E-state index is 4.32. The van der Waals surface area contributed by atoms with Crippen molar-refractivity contribution in [2.24, 2.45) is 0 Å². The van der Waals surface area contributed by atoms with Crippen LogP contribution in [0.1, 0.15) is 22.5 Å². The van der Waals surface area contributed by atoms with Crippen LogP contribution in [0.5, 0.6) is 0 Å². The Morgan fingerprint density at radius 2 is 1.33 bits per heavy atom. The van der Waals surface area contributed by atoms with Gasteiger partial charge in [-0.25, -0.2) is 0 Å². The first kappa shape index (κ1) is 9.84. The Labute approximate surface area is 90.0 Å². The van der Waals surface area contributed by atoms with E-state index in [9.17, 15) is 0 Å². The quantitative estimate of drug-likeness (QED) is 0.741. The molecule has 0 radical (unpaired) electrons. The molecule has 15 heavy (non-hydrogen) atoms. The standard InChI is InChI=1S/C13H14N2/c1-10-3-5-14-12(7-10)9-13-8-11(2)4-6-15-13/h3-8H,9H2,1-2H3. The van der Waals surface area contributed by atoms with Gasteiger partial charge in [0.15, 0.2) is 0 Å². The molecular weight excluding hydrogens is 184 g/mol. The van der Waals surface area contributed by atoms with E-state index in [1.807, 2.05) is 24.5 Å². The number of pyridine rings is 2. The highest BCUT2D eigenvalue weighted by Gasteiger charge is 1.99. The monoisotopic (exact) mass is 198 g/mol. The van der Waals surface area contributed by atoms with E-state index >= 15 is 0 Å². The molecule has 0 atom stereocenters. The number of aryl methyl sites for hydroxylation is 2. The van der Waals surface area contributed by atoms with Gasteiger partial charge >= 0.3 is 0 Å². The zero-order valence-electron chi connectivity index (χ0n) is 9.07. The Kier molecular flexibility index (Phi) is 2.77. The lowest BCUT2D eigenvalue weighted by Crippen LogP contribution is -1.95. The predicted molar refractivity (Wildman–Crippen MR) is 60.8 cm³/mol. The number of hydrogen-bond acceptors (Lipinski definition) is 2. The molecule has 0 aliphatic rings. The highest BCUT2D eigenvalue weighted by atomic mass is 14.7.